The molecule has 2 saturated heterocycles. The fourth-order valence-electron chi connectivity index (χ4n) is 5.90. The van der Waals surface area contributed by atoms with Crippen molar-refractivity contribution in [1.82, 2.24) is 19.6 Å². The summed E-state index contributed by atoms with van der Waals surface area (Å²) in [5.74, 6) is 1.22. The molecule has 1 aromatic heterocycles. The lowest BCUT2D eigenvalue weighted by molar-refractivity contribution is 0.0682. The molecule has 0 spiro atoms. The molecule has 3 fully saturated rings. The van der Waals surface area contributed by atoms with Gasteiger partial charge in [-0.05, 0) is 42.9 Å². The summed E-state index contributed by atoms with van der Waals surface area (Å²) in [5, 5.41) is 4.22. The molecular formula is C23H30N4O. The van der Waals surface area contributed by atoms with Gasteiger partial charge >= 0.3 is 0 Å². The summed E-state index contributed by atoms with van der Waals surface area (Å²) >= 11 is 0. The summed E-state index contributed by atoms with van der Waals surface area (Å²) in [5.41, 5.74) is 3.29. The summed E-state index contributed by atoms with van der Waals surface area (Å²) < 4.78 is 1.70. The molecule has 3 heterocycles. The lowest BCUT2D eigenvalue weighted by Gasteiger charge is -2.32. The lowest BCUT2D eigenvalue weighted by atomic mass is 9.87. The number of carbonyl (C=O) groups is 1. The summed E-state index contributed by atoms with van der Waals surface area (Å²) in [7, 11) is 1.86. The number of carbonyl (C=O) groups excluding carboxylic acids is 1. The number of hydrogen-bond acceptors (Lipinski definition) is 3. The molecule has 0 radical (unpaired) electrons. The average molecular weight is 379 g/mol. The Labute approximate surface area is 167 Å². The van der Waals surface area contributed by atoms with Crippen LogP contribution in [0.4, 0.5) is 0 Å². The van der Waals surface area contributed by atoms with E-state index in [2.05, 4.69) is 46.1 Å². The number of benzene rings is 1. The first-order chi connectivity index (χ1) is 13.6. The van der Waals surface area contributed by atoms with Gasteiger partial charge in [0.1, 0.15) is 5.69 Å². The highest BCUT2D eigenvalue weighted by atomic mass is 16.2. The Bertz CT molecular complexity index is 869. The number of rotatable bonds is 3. The van der Waals surface area contributed by atoms with Crippen molar-refractivity contribution in [3.05, 3.63) is 53.3 Å². The zero-order valence-corrected chi connectivity index (χ0v) is 16.9. The van der Waals surface area contributed by atoms with E-state index < -0.39 is 0 Å². The van der Waals surface area contributed by atoms with E-state index >= 15 is 0 Å². The molecule has 1 saturated carbocycles. The van der Waals surface area contributed by atoms with E-state index in [1.54, 1.807) is 10.9 Å². The van der Waals surface area contributed by atoms with Gasteiger partial charge < -0.3 is 4.90 Å². The maximum atomic E-state index is 13.4. The average Bonchev–Trinajstić information content (AvgIpc) is 3.45. The van der Waals surface area contributed by atoms with Crippen LogP contribution in [0.15, 0.2) is 36.5 Å². The minimum Gasteiger partial charge on any atom is -0.330 e. The highest BCUT2D eigenvalue weighted by molar-refractivity contribution is 5.93. The normalized spacial score (nSPS) is 28.2. The Morgan fingerprint density at radius 3 is 2.57 bits per heavy atom. The molecule has 1 aliphatic carbocycles. The standard InChI is InChI=1S/C23H30N4O/c1-16-7-3-6-10-19(16)22-20-15-26(18-8-4-5-9-18)13-17(20)14-27(22)23(28)21-11-12-24-25(21)2/h3,6-7,10-12,17-18,20,22H,4-5,8-9,13-15H2,1-2H3/t17-,20-,22+/m0/s1. The third-order valence-corrected chi connectivity index (χ3v) is 7.34. The largest absolute Gasteiger partial charge is 0.330 e. The second kappa shape index (κ2) is 7.03. The van der Waals surface area contributed by atoms with Crippen LogP contribution in [-0.4, -0.2) is 51.2 Å². The van der Waals surface area contributed by atoms with Gasteiger partial charge in [0.2, 0.25) is 0 Å². The molecule has 0 bridgehead atoms. The zero-order valence-electron chi connectivity index (χ0n) is 16.9. The molecule has 5 rings (SSSR count). The molecule has 0 N–H and O–H groups in total. The molecule has 2 aliphatic heterocycles. The molecule has 1 aromatic carbocycles. The second-order valence-electron chi connectivity index (χ2n) is 8.92. The number of likely N-dealkylation sites (tertiary alicyclic amines) is 2. The van der Waals surface area contributed by atoms with Gasteiger partial charge in [-0.3, -0.25) is 14.4 Å². The number of hydrogen-bond donors (Lipinski definition) is 0. The third-order valence-electron chi connectivity index (χ3n) is 7.34. The first-order valence-electron chi connectivity index (χ1n) is 10.7. The Balaban J connectivity index is 1.48. The fraction of sp³-hybridized carbons (Fsp3) is 0.565. The van der Waals surface area contributed by atoms with E-state index in [-0.39, 0.29) is 11.9 Å². The van der Waals surface area contributed by atoms with Crippen LogP contribution >= 0.6 is 0 Å². The van der Waals surface area contributed by atoms with Crippen LogP contribution < -0.4 is 0 Å². The highest BCUT2D eigenvalue weighted by Crippen LogP contribution is 2.47. The Kier molecular flexibility index (Phi) is 4.50. The number of nitrogens with zero attached hydrogens (tertiary/aromatic N) is 4. The second-order valence-corrected chi connectivity index (χ2v) is 8.92. The van der Waals surface area contributed by atoms with Gasteiger partial charge in [-0.15, -0.1) is 0 Å². The molecule has 0 unspecified atom stereocenters. The van der Waals surface area contributed by atoms with Crippen LogP contribution in [0.3, 0.4) is 0 Å². The lowest BCUT2D eigenvalue weighted by Crippen LogP contribution is -2.39. The number of amides is 1. The number of aromatic nitrogens is 2. The van der Waals surface area contributed by atoms with Gasteiger partial charge in [0, 0.05) is 44.8 Å². The molecule has 5 heteroatoms. The van der Waals surface area contributed by atoms with Gasteiger partial charge in [0.25, 0.3) is 5.91 Å². The van der Waals surface area contributed by atoms with Gasteiger partial charge in [-0.1, -0.05) is 37.1 Å². The number of aryl methyl sites for hydroxylation is 2. The van der Waals surface area contributed by atoms with E-state index in [4.69, 9.17) is 0 Å². The predicted octanol–water partition coefficient (Wildman–Crippen LogP) is 3.42. The molecule has 28 heavy (non-hydrogen) atoms. The van der Waals surface area contributed by atoms with Crippen molar-refractivity contribution in [2.24, 2.45) is 18.9 Å². The van der Waals surface area contributed by atoms with Crippen molar-refractivity contribution in [3.8, 4) is 0 Å². The van der Waals surface area contributed by atoms with E-state index in [1.807, 2.05) is 13.1 Å². The third kappa shape index (κ3) is 2.87. The van der Waals surface area contributed by atoms with E-state index in [9.17, 15) is 4.79 Å². The van der Waals surface area contributed by atoms with Crippen LogP contribution in [0.25, 0.3) is 0 Å². The molecule has 1 amide bonds. The zero-order chi connectivity index (χ0) is 19.3. The minimum atomic E-state index is 0.120. The summed E-state index contributed by atoms with van der Waals surface area (Å²) in [6, 6.07) is 11.4. The Hall–Kier alpha value is -2.14. The highest BCUT2D eigenvalue weighted by Gasteiger charge is 2.50. The van der Waals surface area contributed by atoms with E-state index in [1.165, 1.54) is 36.8 Å². The van der Waals surface area contributed by atoms with E-state index in [0.29, 0.717) is 17.5 Å². The first kappa shape index (κ1) is 17.9. The van der Waals surface area contributed by atoms with Crippen molar-refractivity contribution >= 4 is 5.91 Å². The molecule has 3 atom stereocenters. The van der Waals surface area contributed by atoms with Gasteiger partial charge in [-0.2, -0.15) is 5.10 Å². The van der Waals surface area contributed by atoms with Crippen LogP contribution in [-0.2, 0) is 7.05 Å². The summed E-state index contributed by atoms with van der Waals surface area (Å²) in [6.45, 7) is 5.31. The number of fused-ring (bicyclic) bond motifs is 1. The topological polar surface area (TPSA) is 41.4 Å². The quantitative estimate of drug-likeness (QED) is 0.822. The first-order valence-corrected chi connectivity index (χ1v) is 10.7. The smallest absolute Gasteiger partial charge is 0.272 e. The minimum absolute atomic E-state index is 0.120. The maximum Gasteiger partial charge on any atom is 0.272 e. The molecule has 3 aliphatic rings. The van der Waals surface area contributed by atoms with Gasteiger partial charge in [0.15, 0.2) is 0 Å². The molecule has 5 nitrogen and oxygen atoms in total. The fourth-order valence-corrected chi connectivity index (χ4v) is 5.90. The van der Waals surface area contributed by atoms with Crippen molar-refractivity contribution in [1.29, 1.82) is 0 Å². The maximum absolute atomic E-state index is 13.4. The molecule has 148 valence electrons. The van der Waals surface area contributed by atoms with Crippen LogP contribution in [0.2, 0.25) is 0 Å². The van der Waals surface area contributed by atoms with E-state index in [0.717, 1.165) is 25.7 Å². The predicted molar refractivity (Wildman–Crippen MR) is 109 cm³/mol. The van der Waals surface area contributed by atoms with Crippen LogP contribution in [0.5, 0.6) is 0 Å². The van der Waals surface area contributed by atoms with Gasteiger partial charge in [-0.25, -0.2) is 0 Å². The van der Waals surface area contributed by atoms with Gasteiger partial charge in [0.05, 0.1) is 6.04 Å². The van der Waals surface area contributed by atoms with Crippen molar-refractivity contribution in [2.75, 3.05) is 19.6 Å². The monoisotopic (exact) mass is 378 g/mol. The van der Waals surface area contributed by atoms with Crippen molar-refractivity contribution in [2.45, 2.75) is 44.7 Å². The van der Waals surface area contributed by atoms with Crippen LogP contribution in [0, 0.1) is 18.8 Å². The van der Waals surface area contributed by atoms with Crippen LogP contribution in [0.1, 0.15) is 53.3 Å². The van der Waals surface area contributed by atoms with Crippen molar-refractivity contribution in [3.63, 3.8) is 0 Å². The van der Waals surface area contributed by atoms with Crippen molar-refractivity contribution < 1.29 is 4.79 Å². The SMILES string of the molecule is Cc1ccccc1[C@@H]1[C@H]2CN(C3CCCC3)C[C@H]2CN1C(=O)c1ccnn1C. The Morgan fingerprint density at radius 2 is 1.86 bits per heavy atom. The summed E-state index contributed by atoms with van der Waals surface area (Å²) in [4.78, 5) is 18.3. The molecule has 2 aromatic rings. The molecular weight excluding hydrogens is 348 g/mol. The Morgan fingerprint density at radius 1 is 1.07 bits per heavy atom. The summed E-state index contributed by atoms with van der Waals surface area (Å²) in [6.07, 6.45) is 7.18.